The molecule has 6 nitrogen and oxygen atoms in total. The van der Waals surface area contributed by atoms with Gasteiger partial charge in [-0.05, 0) is 49.7 Å². The molecule has 0 unspecified atom stereocenters. The maximum atomic E-state index is 11.1. The van der Waals surface area contributed by atoms with Gasteiger partial charge in [-0.3, -0.25) is 15.0 Å². The molecule has 138 valence electrons. The Morgan fingerprint density at radius 3 is 2.58 bits per heavy atom. The van der Waals surface area contributed by atoms with Gasteiger partial charge < -0.3 is 9.47 Å². The molecule has 0 saturated carbocycles. The van der Waals surface area contributed by atoms with E-state index in [-0.39, 0.29) is 10.6 Å². The lowest BCUT2D eigenvalue weighted by Gasteiger charge is -2.26. The molecule has 2 aromatic rings. The Hall–Kier alpha value is -2.15. The molecular formula is C19H21ClN2O4. The third-order valence-corrected chi connectivity index (χ3v) is 4.57. The van der Waals surface area contributed by atoms with Crippen LogP contribution in [0.3, 0.4) is 0 Å². The fourth-order valence-corrected chi connectivity index (χ4v) is 3.05. The molecule has 0 N–H and O–H groups in total. The van der Waals surface area contributed by atoms with Crippen molar-refractivity contribution in [3.8, 4) is 11.5 Å². The summed E-state index contributed by atoms with van der Waals surface area (Å²) in [7, 11) is 0. The number of morpholine rings is 1. The Morgan fingerprint density at radius 2 is 1.88 bits per heavy atom. The van der Waals surface area contributed by atoms with Crippen LogP contribution in [0.4, 0.5) is 5.69 Å². The molecule has 1 heterocycles. The van der Waals surface area contributed by atoms with Gasteiger partial charge >= 0.3 is 0 Å². The highest BCUT2D eigenvalue weighted by atomic mass is 35.5. The first-order chi connectivity index (χ1) is 12.6. The lowest BCUT2D eigenvalue weighted by molar-refractivity contribution is -0.384. The van der Waals surface area contributed by atoms with E-state index in [2.05, 4.69) is 4.90 Å². The van der Waals surface area contributed by atoms with Gasteiger partial charge in [-0.2, -0.15) is 0 Å². The van der Waals surface area contributed by atoms with Gasteiger partial charge in [0.25, 0.3) is 5.69 Å². The average Bonchev–Trinajstić information content (AvgIpc) is 2.65. The zero-order valence-electron chi connectivity index (χ0n) is 14.4. The summed E-state index contributed by atoms with van der Waals surface area (Å²) < 4.78 is 11.3. The quantitative estimate of drug-likeness (QED) is 0.532. The molecule has 0 bridgehead atoms. The molecule has 7 heteroatoms. The van der Waals surface area contributed by atoms with Crippen molar-refractivity contribution in [1.29, 1.82) is 0 Å². The molecule has 0 spiro atoms. The van der Waals surface area contributed by atoms with Gasteiger partial charge in [0, 0.05) is 35.8 Å². The van der Waals surface area contributed by atoms with Gasteiger partial charge in [-0.1, -0.05) is 11.6 Å². The Balaban J connectivity index is 1.70. The van der Waals surface area contributed by atoms with Crippen LogP contribution in [0.2, 0.25) is 5.02 Å². The van der Waals surface area contributed by atoms with E-state index < -0.39 is 0 Å². The van der Waals surface area contributed by atoms with Crippen LogP contribution in [0.15, 0.2) is 42.5 Å². The number of halogens is 1. The Labute approximate surface area is 157 Å². The molecule has 1 fully saturated rings. The van der Waals surface area contributed by atoms with E-state index in [1.165, 1.54) is 6.07 Å². The van der Waals surface area contributed by atoms with Crippen LogP contribution >= 0.6 is 11.6 Å². The fraction of sp³-hybridized carbons (Fsp3) is 0.368. The van der Waals surface area contributed by atoms with Crippen molar-refractivity contribution in [2.24, 2.45) is 0 Å². The minimum Gasteiger partial charge on any atom is -0.457 e. The zero-order valence-corrected chi connectivity index (χ0v) is 15.2. The molecule has 0 atom stereocenters. The summed E-state index contributed by atoms with van der Waals surface area (Å²) in [4.78, 5) is 13.1. The van der Waals surface area contributed by atoms with Crippen molar-refractivity contribution in [1.82, 2.24) is 4.90 Å². The van der Waals surface area contributed by atoms with Crippen molar-refractivity contribution >= 4 is 17.3 Å². The van der Waals surface area contributed by atoms with Gasteiger partial charge in [0.15, 0.2) is 0 Å². The van der Waals surface area contributed by atoms with Gasteiger partial charge in [0.2, 0.25) is 0 Å². The Kier molecular flexibility index (Phi) is 6.44. The molecule has 1 saturated heterocycles. The van der Waals surface area contributed by atoms with Gasteiger partial charge in [-0.25, -0.2) is 0 Å². The second-order valence-electron chi connectivity index (χ2n) is 6.16. The lowest BCUT2D eigenvalue weighted by atomic mass is 10.1. The predicted octanol–water partition coefficient (Wildman–Crippen LogP) is 4.31. The van der Waals surface area contributed by atoms with Crippen molar-refractivity contribution in [2.45, 2.75) is 12.8 Å². The van der Waals surface area contributed by atoms with Crippen LogP contribution in [-0.4, -0.2) is 42.7 Å². The molecular weight excluding hydrogens is 356 g/mol. The molecule has 0 aliphatic carbocycles. The van der Waals surface area contributed by atoms with Crippen molar-refractivity contribution in [3.05, 3.63) is 63.2 Å². The van der Waals surface area contributed by atoms with Crippen LogP contribution in [0.25, 0.3) is 0 Å². The molecule has 1 aliphatic heterocycles. The molecule has 0 amide bonds. The van der Waals surface area contributed by atoms with E-state index in [1.54, 1.807) is 36.4 Å². The number of non-ortho nitro benzene ring substituents is 1. The molecule has 0 radical (unpaired) electrons. The molecule has 1 aliphatic rings. The zero-order chi connectivity index (χ0) is 18.4. The lowest BCUT2D eigenvalue weighted by Crippen LogP contribution is -2.36. The number of nitro groups is 1. The van der Waals surface area contributed by atoms with E-state index in [9.17, 15) is 10.1 Å². The van der Waals surface area contributed by atoms with Crippen molar-refractivity contribution < 1.29 is 14.4 Å². The SMILES string of the molecule is O=[N+]([O-])c1ccc(Oc2ccc(Cl)cc2)c(CCCN2CCOCC2)c1. The standard InChI is InChI=1S/C19H21ClN2O4/c20-16-3-6-18(7-4-16)26-19-8-5-17(22(23)24)14-15(19)2-1-9-21-10-12-25-13-11-21/h3-8,14H,1-2,9-13H2. The van der Waals surface area contributed by atoms with E-state index >= 15 is 0 Å². The van der Waals surface area contributed by atoms with Crippen LogP contribution in [0, 0.1) is 10.1 Å². The summed E-state index contributed by atoms with van der Waals surface area (Å²) in [6.45, 7) is 4.34. The number of rotatable bonds is 7. The van der Waals surface area contributed by atoms with E-state index in [1.807, 2.05) is 0 Å². The molecule has 2 aromatic carbocycles. The number of hydrogen-bond donors (Lipinski definition) is 0. The van der Waals surface area contributed by atoms with Crippen LogP contribution in [-0.2, 0) is 11.2 Å². The predicted molar refractivity (Wildman–Crippen MR) is 100 cm³/mol. The second kappa shape index (κ2) is 8.98. The topological polar surface area (TPSA) is 64.8 Å². The van der Waals surface area contributed by atoms with Crippen LogP contribution in [0.1, 0.15) is 12.0 Å². The first-order valence-corrected chi connectivity index (χ1v) is 9.00. The maximum absolute atomic E-state index is 11.1. The summed E-state index contributed by atoms with van der Waals surface area (Å²) in [6.07, 6.45) is 1.61. The summed E-state index contributed by atoms with van der Waals surface area (Å²) in [5.74, 6) is 1.29. The molecule has 26 heavy (non-hydrogen) atoms. The van der Waals surface area contributed by atoms with Gasteiger partial charge in [-0.15, -0.1) is 0 Å². The van der Waals surface area contributed by atoms with Crippen molar-refractivity contribution in [3.63, 3.8) is 0 Å². The van der Waals surface area contributed by atoms with E-state index in [0.29, 0.717) is 22.9 Å². The van der Waals surface area contributed by atoms with E-state index in [0.717, 1.165) is 44.8 Å². The molecule has 0 aromatic heterocycles. The minimum absolute atomic E-state index is 0.0785. The third kappa shape index (κ3) is 5.17. The first-order valence-electron chi connectivity index (χ1n) is 8.62. The monoisotopic (exact) mass is 376 g/mol. The maximum Gasteiger partial charge on any atom is 0.269 e. The Morgan fingerprint density at radius 1 is 1.15 bits per heavy atom. The van der Waals surface area contributed by atoms with Gasteiger partial charge in [0.05, 0.1) is 18.1 Å². The number of benzene rings is 2. The highest BCUT2D eigenvalue weighted by Gasteiger charge is 2.14. The minimum atomic E-state index is -0.377. The third-order valence-electron chi connectivity index (χ3n) is 4.32. The number of nitrogens with zero attached hydrogens (tertiary/aromatic N) is 2. The summed E-state index contributed by atoms with van der Waals surface area (Å²) >= 11 is 5.90. The fourth-order valence-electron chi connectivity index (χ4n) is 2.92. The summed E-state index contributed by atoms with van der Waals surface area (Å²) in [5.41, 5.74) is 0.914. The smallest absolute Gasteiger partial charge is 0.269 e. The van der Waals surface area contributed by atoms with Crippen LogP contribution < -0.4 is 4.74 Å². The van der Waals surface area contributed by atoms with E-state index in [4.69, 9.17) is 21.1 Å². The largest absolute Gasteiger partial charge is 0.457 e. The van der Waals surface area contributed by atoms with Crippen molar-refractivity contribution in [2.75, 3.05) is 32.8 Å². The van der Waals surface area contributed by atoms with Gasteiger partial charge in [0.1, 0.15) is 11.5 Å². The normalized spacial score (nSPS) is 15.0. The van der Waals surface area contributed by atoms with Crippen LogP contribution in [0.5, 0.6) is 11.5 Å². The number of ether oxygens (including phenoxy) is 2. The average molecular weight is 377 g/mol. The Bertz CT molecular complexity index is 746. The number of hydrogen-bond acceptors (Lipinski definition) is 5. The molecule has 3 rings (SSSR count). The second-order valence-corrected chi connectivity index (χ2v) is 6.60. The summed E-state index contributed by atoms with van der Waals surface area (Å²) in [5, 5.41) is 11.7. The number of aryl methyl sites for hydroxylation is 1. The highest BCUT2D eigenvalue weighted by Crippen LogP contribution is 2.30. The first kappa shape index (κ1) is 18.6. The highest BCUT2D eigenvalue weighted by molar-refractivity contribution is 6.30. The number of nitro benzene ring substituents is 1. The summed E-state index contributed by atoms with van der Waals surface area (Å²) in [6, 6.07) is 11.8.